The van der Waals surface area contributed by atoms with E-state index in [0.29, 0.717) is 25.1 Å². The Morgan fingerprint density at radius 3 is 2.80 bits per heavy atom. The molecule has 1 N–H and O–H groups in total. The molecular weight excluding hydrogens is 399 g/mol. The van der Waals surface area contributed by atoms with E-state index in [0.717, 1.165) is 23.7 Å². The molecule has 0 unspecified atom stereocenters. The molecule has 1 saturated heterocycles. The van der Waals surface area contributed by atoms with E-state index < -0.39 is 11.7 Å². The summed E-state index contributed by atoms with van der Waals surface area (Å²) in [5.41, 5.74) is 1.53. The highest BCUT2D eigenvalue weighted by atomic mass is 19.4. The van der Waals surface area contributed by atoms with Crippen LogP contribution in [0.25, 0.3) is 11.1 Å². The fraction of sp³-hybridized carbons (Fsp3) is 0.500. The fourth-order valence-corrected chi connectivity index (χ4v) is 4.12. The molecule has 10 heteroatoms. The van der Waals surface area contributed by atoms with E-state index in [2.05, 4.69) is 20.3 Å². The molecule has 1 amide bonds. The van der Waals surface area contributed by atoms with Crippen LogP contribution in [-0.4, -0.2) is 44.2 Å². The highest BCUT2D eigenvalue weighted by Gasteiger charge is 2.38. The van der Waals surface area contributed by atoms with E-state index in [1.165, 1.54) is 6.92 Å². The molecule has 3 aromatic rings. The van der Waals surface area contributed by atoms with Crippen LogP contribution in [0.15, 0.2) is 10.6 Å². The van der Waals surface area contributed by atoms with Crippen LogP contribution in [0.1, 0.15) is 64.4 Å². The van der Waals surface area contributed by atoms with Crippen LogP contribution in [0.5, 0.6) is 0 Å². The number of rotatable bonds is 3. The Labute approximate surface area is 170 Å². The van der Waals surface area contributed by atoms with Crippen LogP contribution in [0.4, 0.5) is 13.2 Å². The molecule has 7 nitrogen and oxygen atoms in total. The summed E-state index contributed by atoms with van der Waals surface area (Å²) < 4.78 is 46.1. The molecule has 160 valence electrons. The number of likely N-dealkylation sites (tertiary alicyclic amines) is 1. The molecule has 0 aliphatic carbocycles. The lowest BCUT2D eigenvalue weighted by molar-refractivity contribution is -0.136. The Morgan fingerprint density at radius 2 is 2.13 bits per heavy atom. The van der Waals surface area contributed by atoms with Gasteiger partial charge in [0.25, 0.3) is 11.6 Å². The number of carbonyl (C=O) groups is 1. The van der Waals surface area contributed by atoms with Gasteiger partial charge in [0.2, 0.25) is 0 Å². The van der Waals surface area contributed by atoms with Crippen LogP contribution >= 0.6 is 0 Å². The Hall–Kier alpha value is -2.91. The Kier molecular flexibility index (Phi) is 5.03. The zero-order valence-corrected chi connectivity index (χ0v) is 16.9. The summed E-state index contributed by atoms with van der Waals surface area (Å²) in [5.74, 6) is -0.606. The number of alkyl halides is 3. The molecule has 0 spiro atoms. The van der Waals surface area contributed by atoms with Gasteiger partial charge in [-0.25, -0.2) is 4.98 Å². The minimum Gasteiger partial charge on any atom is -0.337 e. The maximum atomic E-state index is 13.7. The topological polar surface area (TPSA) is 87.9 Å². The predicted octanol–water partition coefficient (Wildman–Crippen LogP) is 4.16. The van der Waals surface area contributed by atoms with Gasteiger partial charge < -0.3 is 9.42 Å². The molecule has 0 aromatic carbocycles. The number of aryl methyl sites for hydroxylation is 2. The van der Waals surface area contributed by atoms with Crippen molar-refractivity contribution in [2.45, 2.75) is 52.1 Å². The number of H-pyrrole nitrogens is 1. The molecule has 1 atom stereocenters. The second kappa shape index (κ2) is 7.41. The van der Waals surface area contributed by atoms with Crippen LogP contribution in [-0.2, 0) is 12.6 Å². The quantitative estimate of drug-likeness (QED) is 0.686. The summed E-state index contributed by atoms with van der Waals surface area (Å²) in [6.45, 7) is 6.05. The molecule has 1 aliphatic heterocycles. The van der Waals surface area contributed by atoms with Crippen LogP contribution in [0, 0.1) is 13.8 Å². The summed E-state index contributed by atoms with van der Waals surface area (Å²) in [6.07, 6.45) is -2.57. The summed E-state index contributed by atoms with van der Waals surface area (Å²) in [7, 11) is 0. The first-order chi connectivity index (χ1) is 14.2. The number of halogens is 3. The largest absolute Gasteiger partial charge is 0.417 e. The normalized spacial score (nSPS) is 17.7. The second-order valence-corrected chi connectivity index (χ2v) is 7.68. The molecule has 1 aliphatic rings. The highest BCUT2D eigenvalue weighted by Crippen LogP contribution is 2.40. The number of nitrogens with one attached hydrogen (secondary N) is 1. The summed E-state index contributed by atoms with van der Waals surface area (Å²) in [4.78, 5) is 18.7. The van der Waals surface area contributed by atoms with Gasteiger partial charge in [0.05, 0.1) is 16.6 Å². The van der Waals surface area contributed by atoms with Gasteiger partial charge in [-0.3, -0.25) is 9.89 Å². The molecule has 30 heavy (non-hydrogen) atoms. The lowest BCUT2D eigenvalue weighted by atomic mass is 9.91. The van der Waals surface area contributed by atoms with Crippen molar-refractivity contribution in [1.82, 2.24) is 25.2 Å². The van der Waals surface area contributed by atoms with Gasteiger partial charge in [-0.1, -0.05) is 12.1 Å². The zero-order chi connectivity index (χ0) is 21.6. The number of nitrogens with zero attached hydrogens (tertiary/aromatic N) is 4. The average Bonchev–Trinajstić information content (AvgIpc) is 3.29. The van der Waals surface area contributed by atoms with Gasteiger partial charge >= 0.3 is 6.18 Å². The maximum Gasteiger partial charge on any atom is 0.417 e. The van der Waals surface area contributed by atoms with Gasteiger partial charge in [0.15, 0.2) is 5.69 Å². The third-order valence-electron chi connectivity index (χ3n) is 5.67. The molecule has 0 bridgehead atoms. The second-order valence-electron chi connectivity index (χ2n) is 7.68. The molecule has 4 heterocycles. The van der Waals surface area contributed by atoms with Crippen molar-refractivity contribution in [3.63, 3.8) is 0 Å². The predicted molar refractivity (Wildman–Crippen MR) is 102 cm³/mol. The number of pyridine rings is 1. The average molecular weight is 421 g/mol. The lowest BCUT2D eigenvalue weighted by Gasteiger charge is -2.31. The molecule has 0 radical (unpaired) electrons. The number of fused-ring (bicyclic) bond motifs is 1. The summed E-state index contributed by atoms with van der Waals surface area (Å²) in [6, 6.07) is 1.01. The Balaban J connectivity index is 1.68. The molecule has 3 aromatic heterocycles. The first kappa shape index (κ1) is 20.4. The molecular formula is C20H22F3N5O2. The Morgan fingerprint density at radius 1 is 1.37 bits per heavy atom. The third-order valence-corrected chi connectivity index (χ3v) is 5.67. The van der Waals surface area contributed by atoms with E-state index in [1.807, 2.05) is 13.8 Å². The molecule has 0 saturated carbocycles. The van der Waals surface area contributed by atoms with Gasteiger partial charge in [-0.05, 0) is 39.2 Å². The van der Waals surface area contributed by atoms with Crippen molar-refractivity contribution in [1.29, 1.82) is 0 Å². The van der Waals surface area contributed by atoms with Gasteiger partial charge in [0, 0.05) is 36.0 Å². The van der Waals surface area contributed by atoms with Crippen LogP contribution < -0.4 is 0 Å². The van der Waals surface area contributed by atoms with Gasteiger partial charge in [-0.2, -0.15) is 18.3 Å². The van der Waals surface area contributed by atoms with Crippen LogP contribution in [0.2, 0.25) is 0 Å². The zero-order valence-electron chi connectivity index (χ0n) is 16.9. The van der Waals surface area contributed by atoms with E-state index in [9.17, 15) is 18.0 Å². The van der Waals surface area contributed by atoms with Crippen LogP contribution in [0.3, 0.4) is 0 Å². The van der Waals surface area contributed by atoms with Crippen molar-refractivity contribution in [3.05, 3.63) is 40.0 Å². The SMILES string of the molecule is CCc1[nH]nc(C(=O)N2CCC[C@H](c3noc4nc(C)cc(C(F)(F)F)c34)C2)c1C. The summed E-state index contributed by atoms with van der Waals surface area (Å²) >= 11 is 0. The first-order valence-corrected chi connectivity index (χ1v) is 9.88. The van der Waals surface area contributed by atoms with Crippen molar-refractivity contribution < 1.29 is 22.5 Å². The Bertz CT molecular complexity index is 1100. The lowest BCUT2D eigenvalue weighted by Crippen LogP contribution is -2.39. The van der Waals surface area contributed by atoms with Crippen molar-refractivity contribution in [2.75, 3.05) is 13.1 Å². The van der Waals surface area contributed by atoms with Gasteiger partial charge in [-0.15, -0.1) is 0 Å². The smallest absolute Gasteiger partial charge is 0.337 e. The third kappa shape index (κ3) is 3.44. The van der Waals surface area contributed by atoms with E-state index in [-0.39, 0.29) is 40.9 Å². The number of hydrogen-bond donors (Lipinski definition) is 1. The number of hydrogen-bond acceptors (Lipinski definition) is 5. The standard InChI is InChI=1S/C20H22F3N5O2/c1-4-14-11(3)16(26-25-14)19(29)28-7-5-6-12(9-28)17-15-13(20(21,22)23)8-10(2)24-18(15)30-27-17/h8,12H,4-7,9H2,1-3H3,(H,25,26)/t12-/m0/s1. The number of amides is 1. The van der Waals surface area contributed by atoms with Crippen molar-refractivity contribution in [2.24, 2.45) is 0 Å². The maximum absolute atomic E-state index is 13.7. The van der Waals surface area contributed by atoms with E-state index in [1.54, 1.807) is 4.90 Å². The minimum atomic E-state index is -4.56. The summed E-state index contributed by atoms with van der Waals surface area (Å²) in [5, 5.41) is 10.8. The number of aromatic nitrogens is 4. The number of aromatic amines is 1. The first-order valence-electron chi connectivity index (χ1n) is 9.88. The van der Waals surface area contributed by atoms with E-state index >= 15 is 0 Å². The highest BCUT2D eigenvalue weighted by molar-refractivity contribution is 5.94. The fourth-order valence-electron chi connectivity index (χ4n) is 4.12. The monoisotopic (exact) mass is 421 g/mol. The molecule has 4 rings (SSSR count). The number of piperidine rings is 1. The minimum absolute atomic E-state index is 0.114. The number of carbonyl (C=O) groups excluding carboxylic acids is 1. The van der Waals surface area contributed by atoms with Crippen molar-refractivity contribution in [3.8, 4) is 0 Å². The van der Waals surface area contributed by atoms with Gasteiger partial charge in [0.1, 0.15) is 0 Å². The van der Waals surface area contributed by atoms with Crippen molar-refractivity contribution >= 4 is 17.0 Å². The molecule has 1 fully saturated rings. The van der Waals surface area contributed by atoms with E-state index in [4.69, 9.17) is 4.52 Å².